The van der Waals surface area contributed by atoms with E-state index in [-0.39, 0.29) is 12.5 Å². The Labute approximate surface area is 163 Å². The number of aryl methyl sites for hydroxylation is 1. The number of hydrogen-bond acceptors (Lipinski definition) is 6. The number of thiophene rings is 1. The number of rotatable bonds is 6. The molecule has 0 saturated heterocycles. The first kappa shape index (κ1) is 18.5. The van der Waals surface area contributed by atoms with E-state index in [0.29, 0.717) is 28.5 Å². The molecule has 1 N–H and O–H groups in total. The molecule has 0 unspecified atom stereocenters. The summed E-state index contributed by atoms with van der Waals surface area (Å²) in [7, 11) is 3.18. The van der Waals surface area contributed by atoms with Crippen molar-refractivity contribution in [3.63, 3.8) is 0 Å². The largest absolute Gasteiger partial charge is 0.497 e. The SMILES string of the molecule is COc1ccc(OC)c(CNC(=O)c2c(-c3ccc(Br)s3)noc2C)c1. The van der Waals surface area contributed by atoms with Crippen molar-refractivity contribution in [3.05, 3.63) is 51.0 Å². The zero-order valence-corrected chi connectivity index (χ0v) is 16.9. The zero-order valence-electron chi connectivity index (χ0n) is 14.5. The van der Waals surface area contributed by atoms with Crippen LogP contribution in [-0.2, 0) is 6.54 Å². The molecule has 3 aromatic rings. The molecule has 1 aromatic carbocycles. The van der Waals surface area contributed by atoms with Gasteiger partial charge in [-0.15, -0.1) is 11.3 Å². The van der Waals surface area contributed by atoms with E-state index in [1.54, 1.807) is 33.3 Å². The van der Waals surface area contributed by atoms with Crippen LogP contribution < -0.4 is 14.8 Å². The first-order valence-electron chi connectivity index (χ1n) is 7.74. The summed E-state index contributed by atoms with van der Waals surface area (Å²) in [5.41, 5.74) is 1.78. The second-order valence-corrected chi connectivity index (χ2v) is 7.89. The number of benzene rings is 1. The topological polar surface area (TPSA) is 73.6 Å². The molecule has 3 rings (SSSR count). The van der Waals surface area contributed by atoms with Crippen molar-refractivity contribution >= 4 is 33.2 Å². The molecule has 26 heavy (non-hydrogen) atoms. The lowest BCUT2D eigenvalue weighted by atomic mass is 10.1. The molecular formula is C18H17BrN2O4S. The quantitative estimate of drug-likeness (QED) is 0.618. The molecule has 0 aliphatic heterocycles. The monoisotopic (exact) mass is 436 g/mol. The molecule has 0 aliphatic carbocycles. The predicted octanol–water partition coefficient (Wildman–Crippen LogP) is 4.42. The highest BCUT2D eigenvalue weighted by Crippen LogP contribution is 2.33. The first-order valence-corrected chi connectivity index (χ1v) is 9.35. The Morgan fingerprint density at radius 2 is 2.08 bits per heavy atom. The van der Waals surface area contributed by atoms with Gasteiger partial charge in [-0.3, -0.25) is 4.79 Å². The van der Waals surface area contributed by atoms with E-state index in [2.05, 4.69) is 26.4 Å². The average Bonchev–Trinajstić information content (AvgIpc) is 3.24. The maximum atomic E-state index is 12.8. The molecule has 0 fully saturated rings. The molecular weight excluding hydrogens is 420 g/mol. The van der Waals surface area contributed by atoms with Crippen LogP contribution in [0, 0.1) is 6.92 Å². The van der Waals surface area contributed by atoms with Gasteiger partial charge in [0.1, 0.15) is 28.5 Å². The number of ether oxygens (including phenoxy) is 2. The average molecular weight is 437 g/mol. The van der Waals surface area contributed by atoms with Crippen molar-refractivity contribution in [1.82, 2.24) is 10.5 Å². The molecule has 2 aromatic heterocycles. The number of nitrogens with one attached hydrogen (secondary N) is 1. The number of aromatic nitrogens is 1. The summed E-state index contributed by atoms with van der Waals surface area (Å²) < 4.78 is 16.8. The lowest BCUT2D eigenvalue weighted by molar-refractivity contribution is 0.0949. The number of nitrogens with zero attached hydrogens (tertiary/aromatic N) is 1. The Hall–Kier alpha value is -2.32. The van der Waals surface area contributed by atoms with Crippen molar-refractivity contribution in [1.29, 1.82) is 0 Å². The summed E-state index contributed by atoms with van der Waals surface area (Å²) in [6.45, 7) is 2.01. The molecule has 136 valence electrons. The number of carbonyl (C=O) groups is 1. The van der Waals surface area contributed by atoms with Gasteiger partial charge in [0, 0.05) is 12.1 Å². The number of carbonyl (C=O) groups excluding carboxylic acids is 1. The van der Waals surface area contributed by atoms with Crippen LogP contribution in [0.25, 0.3) is 10.6 Å². The summed E-state index contributed by atoms with van der Waals surface area (Å²) in [6, 6.07) is 9.25. The van der Waals surface area contributed by atoms with Crippen LogP contribution >= 0.6 is 27.3 Å². The van der Waals surface area contributed by atoms with E-state index in [9.17, 15) is 4.79 Å². The molecule has 0 aliphatic rings. The fraction of sp³-hybridized carbons (Fsp3) is 0.222. The van der Waals surface area contributed by atoms with Crippen molar-refractivity contribution in [2.45, 2.75) is 13.5 Å². The van der Waals surface area contributed by atoms with Crippen LogP contribution in [0.5, 0.6) is 11.5 Å². The minimum atomic E-state index is -0.256. The maximum Gasteiger partial charge on any atom is 0.257 e. The highest BCUT2D eigenvalue weighted by atomic mass is 79.9. The molecule has 0 saturated carbocycles. The summed E-state index contributed by atoms with van der Waals surface area (Å²) in [5, 5.41) is 6.95. The lowest BCUT2D eigenvalue weighted by Crippen LogP contribution is -2.24. The van der Waals surface area contributed by atoms with Gasteiger partial charge in [-0.2, -0.15) is 0 Å². The van der Waals surface area contributed by atoms with Crippen molar-refractivity contribution in [3.8, 4) is 22.1 Å². The lowest BCUT2D eigenvalue weighted by Gasteiger charge is -2.11. The molecule has 0 spiro atoms. The summed E-state index contributed by atoms with van der Waals surface area (Å²) in [4.78, 5) is 13.6. The fourth-order valence-electron chi connectivity index (χ4n) is 2.53. The third-order valence-electron chi connectivity index (χ3n) is 3.82. The Morgan fingerprint density at radius 3 is 2.73 bits per heavy atom. The van der Waals surface area contributed by atoms with Crippen LogP contribution in [0.15, 0.2) is 38.6 Å². The third kappa shape index (κ3) is 3.76. The smallest absolute Gasteiger partial charge is 0.257 e. The standard InChI is InChI=1S/C18H17BrN2O4S/c1-10-16(17(21-25-10)14-6-7-15(19)26-14)18(22)20-9-11-8-12(23-2)4-5-13(11)24-3/h4-8H,9H2,1-3H3,(H,20,22). The van der Waals surface area contributed by atoms with Gasteiger partial charge in [-0.25, -0.2) is 0 Å². The number of amides is 1. The van der Waals surface area contributed by atoms with E-state index in [0.717, 1.165) is 14.2 Å². The van der Waals surface area contributed by atoms with E-state index in [4.69, 9.17) is 14.0 Å². The first-order chi connectivity index (χ1) is 12.5. The van der Waals surface area contributed by atoms with Crippen LogP contribution in [0.1, 0.15) is 21.7 Å². The molecule has 2 heterocycles. The second kappa shape index (κ2) is 7.92. The van der Waals surface area contributed by atoms with Crippen LogP contribution in [-0.4, -0.2) is 25.3 Å². The molecule has 0 radical (unpaired) electrons. The Balaban J connectivity index is 1.83. The predicted molar refractivity (Wildman–Crippen MR) is 103 cm³/mol. The van der Waals surface area contributed by atoms with E-state index < -0.39 is 0 Å². The summed E-state index contributed by atoms with van der Waals surface area (Å²) in [5.74, 6) is 1.59. The van der Waals surface area contributed by atoms with Gasteiger partial charge in [0.05, 0.1) is 22.9 Å². The summed E-state index contributed by atoms with van der Waals surface area (Å²) in [6.07, 6.45) is 0. The number of halogens is 1. The Morgan fingerprint density at radius 1 is 1.27 bits per heavy atom. The van der Waals surface area contributed by atoms with Gasteiger partial charge in [0.2, 0.25) is 0 Å². The minimum Gasteiger partial charge on any atom is -0.497 e. The molecule has 1 amide bonds. The normalized spacial score (nSPS) is 10.6. The number of hydrogen-bond donors (Lipinski definition) is 1. The highest BCUT2D eigenvalue weighted by Gasteiger charge is 2.22. The van der Waals surface area contributed by atoms with Gasteiger partial charge >= 0.3 is 0 Å². The van der Waals surface area contributed by atoms with Gasteiger partial charge < -0.3 is 19.3 Å². The minimum absolute atomic E-state index is 0.256. The Bertz CT molecular complexity index is 935. The van der Waals surface area contributed by atoms with Crippen LogP contribution in [0.4, 0.5) is 0 Å². The number of methoxy groups -OCH3 is 2. The van der Waals surface area contributed by atoms with E-state index in [1.165, 1.54) is 11.3 Å². The van der Waals surface area contributed by atoms with Crippen molar-refractivity contribution in [2.24, 2.45) is 0 Å². The maximum absolute atomic E-state index is 12.8. The zero-order chi connectivity index (χ0) is 18.7. The van der Waals surface area contributed by atoms with Gasteiger partial charge in [-0.05, 0) is 53.2 Å². The summed E-state index contributed by atoms with van der Waals surface area (Å²) >= 11 is 4.91. The van der Waals surface area contributed by atoms with Crippen molar-refractivity contribution < 1.29 is 18.8 Å². The highest BCUT2D eigenvalue weighted by molar-refractivity contribution is 9.11. The van der Waals surface area contributed by atoms with E-state index >= 15 is 0 Å². The van der Waals surface area contributed by atoms with Crippen LogP contribution in [0.3, 0.4) is 0 Å². The fourth-order valence-corrected chi connectivity index (χ4v) is 3.91. The molecule has 0 atom stereocenters. The van der Waals surface area contributed by atoms with Crippen molar-refractivity contribution in [2.75, 3.05) is 14.2 Å². The molecule has 6 nitrogen and oxygen atoms in total. The third-order valence-corrected chi connectivity index (χ3v) is 5.45. The van der Waals surface area contributed by atoms with Gasteiger partial charge in [-0.1, -0.05) is 5.16 Å². The molecule has 8 heteroatoms. The van der Waals surface area contributed by atoms with Crippen LogP contribution in [0.2, 0.25) is 0 Å². The Kier molecular flexibility index (Phi) is 5.63. The second-order valence-electron chi connectivity index (χ2n) is 5.43. The van der Waals surface area contributed by atoms with E-state index in [1.807, 2.05) is 18.2 Å². The van der Waals surface area contributed by atoms with Gasteiger partial charge in [0.15, 0.2) is 0 Å². The van der Waals surface area contributed by atoms with Gasteiger partial charge in [0.25, 0.3) is 5.91 Å². The molecule has 0 bridgehead atoms.